The van der Waals surface area contributed by atoms with Crippen LogP contribution >= 0.6 is 0 Å². The Kier molecular flexibility index (Phi) is 5.31. The van der Waals surface area contributed by atoms with Crippen molar-refractivity contribution in [2.24, 2.45) is 0 Å². The minimum atomic E-state index is -1.38. The van der Waals surface area contributed by atoms with Gasteiger partial charge in [-0.2, -0.15) is 0 Å². The minimum Gasteiger partial charge on any atom is -0.545 e. The lowest BCUT2D eigenvalue weighted by Crippen LogP contribution is -2.26. The third-order valence-corrected chi connectivity index (χ3v) is 4.49. The molecule has 6 heteroatoms. The van der Waals surface area contributed by atoms with Crippen LogP contribution in [0.2, 0.25) is 0 Å². The molecule has 28 heavy (non-hydrogen) atoms. The summed E-state index contributed by atoms with van der Waals surface area (Å²) in [4.78, 5) is 24.2. The molecule has 0 saturated heterocycles. The molecule has 0 aliphatic rings. The Morgan fingerprint density at radius 1 is 1.18 bits per heavy atom. The Morgan fingerprint density at radius 3 is 2.46 bits per heavy atom. The Balaban J connectivity index is 2.56. The maximum absolute atomic E-state index is 13.8. The van der Waals surface area contributed by atoms with Crippen molar-refractivity contribution in [3.63, 3.8) is 0 Å². The average molecular weight is 380 g/mol. The van der Waals surface area contributed by atoms with Gasteiger partial charge in [-0.1, -0.05) is 18.2 Å². The van der Waals surface area contributed by atoms with Crippen molar-refractivity contribution in [2.45, 2.75) is 19.9 Å². The summed E-state index contributed by atoms with van der Waals surface area (Å²) in [5.74, 6) is -1.57. The number of methoxy groups -OCH3 is 1. The van der Waals surface area contributed by atoms with Gasteiger partial charge in [0.05, 0.1) is 18.8 Å². The van der Waals surface area contributed by atoms with E-state index in [1.807, 2.05) is 13.8 Å². The van der Waals surface area contributed by atoms with Gasteiger partial charge in [0.15, 0.2) is 0 Å². The Labute approximate surface area is 161 Å². The van der Waals surface area contributed by atoms with E-state index in [1.54, 1.807) is 30.3 Å². The van der Waals surface area contributed by atoms with E-state index in [0.717, 1.165) is 6.08 Å². The smallest absolute Gasteiger partial charge is 0.259 e. The Morgan fingerprint density at radius 2 is 1.86 bits per heavy atom. The van der Waals surface area contributed by atoms with Gasteiger partial charge in [-0.3, -0.25) is 4.79 Å². The van der Waals surface area contributed by atoms with Crippen LogP contribution in [0.15, 0.2) is 53.3 Å². The van der Waals surface area contributed by atoms with E-state index in [2.05, 4.69) is 0 Å². The van der Waals surface area contributed by atoms with E-state index >= 15 is 0 Å². The molecule has 1 heterocycles. The molecule has 0 amide bonds. The number of aromatic nitrogens is 1. The number of aliphatic carboxylic acids is 1. The molecule has 3 rings (SSSR count). The molecule has 0 unspecified atom stereocenters. The summed E-state index contributed by atoms with van der Waals surface area (Å²) in [6, 6.07) is 10.9. The van der Waals surface area contributed by atoms with E-state index in [1.165, 1.54) is 29.9 Å². The summed E-state index contributed by atoms with van der Waals surface area (Å²) < 4.78 is 20.6. The van der Waals surface area contributed by atoms with Crippen molar-refractivity contribution in [2.75, 3.05) is 7.11 Å². The molecule has 1 aromatic heterocycles. The number of ether oxygens (including phenoxy) is 1. The highest BCUT2D eigenvalue weighted by molar-refractivity contribution is 6.01. The first-order valence-electron chi connectivity index (χ1n) is 8.75. The average Bonchev–Trinajstić information content (AvgIpc) is 2.66. The van der Waals surface area contributed by atoms with Gasteiger partial charge in [-0.15, -0.1) is 0 Å². The van der Waals surface area contributed by atoms with Crippen LogP contribution in [0.5, 0.6) is 5.75 Å². The third-order valence-electron chi connectivity index (χ3n) is 4.49. The zero-order valence-electron chi connectivity index (χ0n) is 15.7. The van der Waals surface area contributed by atoms with Crippen LogP contribution < -0.4 is 15.4 Å². The first-order valence-corrected chi connectivity index (χ1v) is 8.75. The summed E-state index contributed by atoms with van der Waals surface area (Å²) >= 11 is 0. The highest BCUT2D eigenvalue weighted by atomic mass is 19.1. The maximum atomic E-state index is 13.8. The van der Waals surface area contributed by atoms with E-state index in [-0.39, 0.29) is 17.4 Å². The van der Waals surface area contributed by atoms with E-state index in [9.17, 15) is 19.1 Å². The van der Waals surface area contributed by atoms with E-state index in [0.29, 0.717) is 27.6 Å². The number of carbonyl (C=O) groups excluding carboxylic acids is 1. The van der Waals surface area contributed by atoms with Crippen LogP contribution in [-0.2, 0) is 4.79 Å². The first-order chi connectivity index (χ1) is 13.3. The molecular weight excluding hydrogens is 361 g/mol. The summed E-state index contributed by atoms with van der Waals surface area (Å²) in [6.45, 7) is 3.66. The lowest BCUT2D eigenvalue weighted by atomic mass is 9.95. The van der Waals surface area contributed by atoms with E-state index < -0.39 is 11.8 Å². The highest BCUT2D eigenvalue weighted by Gasteiger charge is 2.20. The number of nitrogens with zero attached hydrogens (tertiary/aromatic N) is 1. The molecule has 0 atom stereocenters. The molecule has 5 nitrogen and oxygen atoms in total. The topological polar surface area (TPSA) is 71.4 Å². The van der Waals surface area contributed by atoms with Gasteiger partial charge in [0.2, 0.25) is 0 Å². The predicted molar refractivity (Wildman–Crippen MR) is 105 cm³/mol. The second kappa shape index (κ2) is 7.68. The summed E-state index contributed by atoms with van der Waals surface area (Å²) in [5.41, 5.74) is 1.27. The molecule has 0 spiro atoms. The fourth-order valence-corrected chi connectivity index (χ4v) is 3.36. The van der Waals surface area contributed by atoms with Gasteiger partial charge in [0.1, 0.15) is 11.6 Å². The zero-order chi connectivity index (χ0) is 20.4. The van der Waals surface area contributed by atoms with Crippen LogP contribution in [0.25, 0.3) is 28.0 Å². The van der Waals surface area contributed by atoms with Crippen molar-refractivity contribution >= 4 is 22.8 Å². The number of hydrogen-bond donors (Lipinski definition) is 0. The number of hydrogen-bond acceptors (Lipinski definition) is 4. The summed E-state index contributed by atoms with van der Waals surface area (Å²) in [7, 11) is 1.43. The minimum absolute atomic E-state index is 0.242. The van der Waals surface area contributed by atoms with Crippen LogP contribution in [0.3, 0.4) is 0 Å². The molecular formula is C22H19FNO4-. The molecule has 0 aliphatic heterocycles. The SMILES string of the molecule is COc1cc(F)ccc1-c1c(/C=C/C(=O)[O-])n(C(C)C)c(=O)c2ccccc12. The normalized spacial score (nSPS) is 11.5. The van der Waals surface area contributed by atoms with E-state index in [4.69, 9.17) is 4.74 Å². The molecule has 0 aliphatic carbocycles. The van der Waals surface area contributed by atoms with Crippen LogP contribution in [0, 0.1) is 5.82 Å². The predicted octanol–water partition coefficient (Wildman–Crippen LogP) is 3.16. The molecule has 144 valence electrons. The second-order valence-electron chi connectivity index (χ2n) is 6.57. The lowest BCUT2D eigenvalue weighted by Gasteiger charge is -2.22. The molecule has 0 N–H and O–H groups in total. The lowest BCUT2D eigenvalue weighted by molar-refractivity contribution is -0.297. The monoisotopic (exact) mass is 380 g/mol. The van der Waals surface area contributed by atoms with Gasteiger partial charge in [-0.25, -0.2) is 4.39 Å². The first kappa shape index (κ1) is 19.4. The molecule has 0 radical (unpaired) electrons. The van der Waals surface area contributed by atoms with Gasteiger partial charge < -0.3 is 19.2 Å². The number of benzene rings is 2. The molecule has 0 saturated carbocycles. The number of carboxylic acids is 1. The number of carboxylic acid groups (broad SMARTS) is 1. The van der Waals surface area contributed by atoms with Crippen LogP contribution in [-0.4, -0.2) is 17.6 Å². The molecule has 0 bridgehead atoms. The van der Waals surface area contributed by atoms with Crippen molar-refractivity contribution < 1.29 is 19.0 Å². The van der Waals surface area contributed by atoms with Crippen molar-refractivity contribution in [3.8, 4) is 16.9 Å². The van der Waals surface area contributed by atoms with Gasteiger partial charge in [0.25, 0.3) is 5.56 Å². The fraction of sp³-hybridized carbons (Fsp3) is 0.182. The number of halogens is 1. The van der Waals surface area contributed by atoms with Crippen LogP contribution in [0.1, 0.15) is 25.6 Å². The van der Waals surface area contributed by atoms with Crippen molar-refractivity contribution in [3.05, 3.63) is 70.4 Å². The summed E-state index contributed by atoms with van der Waals surface area (Å²) in [5, 5.41) is 12.2. The van der Waals surface area contributed by atoms with Crippen molar-refractivity contribution in [1.82, 2.24) is 4.57 Å². The number of rotatable bonds is 5. The molecule has 3 aromatic rings. The number of carbonyl (C=O) groups is 1. The maximum Gasteiger partial charge on any atom is 0.259 e. The van der Waals surface area contributed by atoms with Crippen LogP contribution in [0.4, 0.5) is 4.39 Å². The largest absolute Gasteiger partial charge is 0.545 e. The third kappa shape index (κ3) is 3.41. The second-order valence-corrected chi connectivity index (χ2v) is 6.57. The van der Waals surface area contributed by atoms with Gasteiger partial charge in [-0.05, 0) is 49.6 Å². The Hall–Kier alpha value is -3.41. The Bertz CT molecular complexity index is 1150. The molecule has 0 fully saturated rings. The quantitative estimate of drug-likeness (QED) is 0.638. The number of fused-ring (bicyclic) bond motifs is 1. The van der Waals surface area contributed by atoms with Gasteiger partial charge in [0, 0.05) is 28.6 Å². The zero-order valence-corrected chi connectivity index (χ0v) is 15.7. The molecule has 2 aromatic carbocycles. The van der Waals surface area contributed by atoms with Crippen molar-refractivity contribution in [1.29, 1.82) is 0 Å². The standard InChI is InChI=1S/C22H20FNO4/c1-13(2)24-18(10-11-20(25)26)21(15-6-4-5-7-16(15)22(24)27)17-9-8-14(23)12-19(17)28-3/h4-13H,1-3H3,(H,25,26)/p-1/b11-10+. The number of pyridine rings is 1. The highest BCUT2D eigenvalue weighted by Crippen LogP contribution is 2.38. The fourth-order valence-electron chi connectivity index (χ4n) is 3.36. The summed E-state index contributed by atoms with van der Waals surface area (Å²) in [6.07, 6.45) is 2.21. The van der Waals surface area contributed by atoms with Gasteiger partial charge >= 0.3 is 0 Å².